The predicted octanol–water partition coefficient (Wildman–Crippen LogP) is 1.77. The van der Waals surface area contributed by atoms with Crippen molar-refractivity contribution in [2.24, 2.45) is 0 Å². The summed E-state index contributed by atoms with van der Waals surface area (Å²) in [5, 5.41) is 5.81. The molecule has 3 aliphatic rings. The maximum absolute atomic E-state index is 12.6. The van der Waals surface area contributed by atoms with Crippen LogP contribution in [-0.4, -0.2) is 72.6 Å². The monoisotopic (exact) mass is 399 g/mol. The lowest BCUT2D eigenvalue weighted by molar-refractivity contribution is -0.131. The van der Waals surface area contributed by atoms with E-state index in [0.717, 1.165) is 38.8 Å². The van der Waals surface area contributed by atoms with Gasteiger partial charge in [0.15, 0.2) is 0 Å². The molecule has 1 spiro atoms. The number of para-hydroxylation sites is 1. The van der Waals surface area contributed by atoms with Gasteiger partial charge in [0.1, 0.15) is 5.54 Å². The topological polar surface area (TPSA) is 85.0 Å². The largest absolute Gasteiger partial charge is 0.368 e. The molecule has 2 aliphatic heterocycles. The van der Waals surface area contributed by atoms with Crippen LogP contribution < -0.4 is 15.5 Å². The van der Waals surface area contributed by atoms with Crippen LogP contribution in [-0.2, 0) is 4.79 Å². The average molecular weight is 399 g/mol. The Morgan fingerprint density at radius 3 is 2.41 bits per heavy atom. The smallest absolute Gasteiger partial charge is 0.325 e. The van der Waals surface area contributed by atoms with Crippen LogP contribution in [0.4, 0.5) is 15.3 Å². The number of piperazine rings is 1. The number of nitrogens with zero attached hydrogens (tertiary/aromatic N) is 3. The molecule has 5 amide bonds. The van der Waals surface area contributed by atoms with E-state index >= 15 is 0 Å². The number of rotatable bonds is 5. The van der Waals surface area contributed by atoms with Crippen molar-refractivity contribution in [1.29, 1.82) is 0 Å². The second-order valence-electron chi connectivity index (χ2n) is 8.07. The highest BCUT2D eigenvalue weighted by Gasteiger charge is 2.51. The maximum Gasteiger partial charge on any atom is 0.325 e. The second-order valence-corrected chi connectivity index (χ2v) is 8.07. The van der Waals surface area contributed by atoms with Gasteiger partial charge in [-0.15, -0.1) is 0 Å². The molecule has 8 nitrogen and oxygen atoms in total. The minimum Gasteiger partial charge on any atom is -0.368 e. The second kappa shape index (κ2) is 8.31. The van der Waals surface area contributed by atoms with Crippen LogP contribution in [0.2, 0.25) is 0 Å². The average Bonchev–Trinajstić information content (AvgIpc) is 3.31. The first-order chi connectivity index (χ1) is 14.1. The number of benzene rings is 1. The van der Waals surface area contributed by atoms with Gasteiger partial charge in [0.2, 0.25) is 0 Å². The molecule has 4 rings (SSSR count). The molecular formula is C21H29N5O3. The Kier molecular flexibility index (Phi) is 5.60. The third kappa shape index (κ3) is 4.02. The van der Waals surface area contributed by atoms with Crippen molar-refractivity contribution in [3.63, 3.8) is 0 Å². The van der Waals surface area contributed by atoms with Crippen LogP contribution in [0.15, 0.2) is 30.3 Å². The van der Waals surface area contributed by atoms with E-state index < -0.39 is 5.54 Å². The van der Waals surface area contributed by atoms with E-state index in [9.17, 15) is 14.4 Å². The first-order valence-electron chi connectivity index (χ1n) is 10.6. The molecule has 2 N–H and O–H groups in total. The van der Waals surface area contributed by atoms with E-state index in [1.807, 2.05) is 23.1 Å². The predicted molar refractivity (Wildman–Crippen MR) is 110 cm³/mol. The molecule has 0 bridgehead atoms. The summed E-state index contributed by atoms with van der Waals surface area (Å²) in [6.07, 6.45) is 3.99. The third-order valence-electron chi connectivity index (χ3n) is 6.23. The molecule has 29 heavy (non-hydrogen) atoms. The number of urea groups is 2. The standard InChI is InChI=1S/C21H29N5O3/c27-18-21(9-4-5-10-21)23-20(29)26(18)12-6-11-22-19(28)25-15-13-24(14-16-25)17-7-2-1-3-8-17/h1-3,7-8H,4-6,9-16H2,(H,22,28)(H,23,29). The summed E-state index contributed by atoms with van der Waals surface area (Å²) in [7, 11) is 0. The minimum atomic E-state index is -0.654. The van der Waals surface area contributed by atoms with Gasteiger partial charge in [-0.25, -0.2) is 9.59 Å². The van der Waals surface area contributed by atoms with E-state index in [1.54, 1.807) is 0 Å². The highest BCUT2D eigenvalue weighted by Crippen LogP contribution is 2.34. The quantitative estimate of drug-likeness (QED) is 0.584. The van der Waals surface area contributed by atoms with Gasteiger partial charge >= 0.3 is 12.1 Å². The summed E-state index contributed by atoms with van der Waals surface area (Å²) in [6.45, 7) is 3.76. The lowest BCUT2D eigenvalue weighted by atomic mass is 9.98. The van der Waals surface area contributed by atoms with E-state index in [4.69, 9.17) is 0 Å². The molecule has 0 radical (unpaired) electrons. The fourth-order valence-corrected chi connectivity index (χ4v) is 4.55. The number of hydrogen-bond donors (Lipinski definition) is 2. The fourth-order valence-electron chi connectivity index (χ4n) is 4.55. The van der Waals surface area contributed by atoms with Crippen LogP contribution in [0.1, 0.15) is 32.1 Å². The molecule has 1 saturated carbocycles. The van der Waals surface area contributed by atoms with Gasteiger partial charge in [-0.3, -0.25) is 9.69 Å². The molecular weight excluding hydrogens is 370 g/mol. The molecule has 3 fully saturated rings. The minimum absolute atomic E-state index is 0.0813. The Morgan fingerprint density at radius 2 is 1.72 bits per heavy atom. The van der Waals surface area contributed by atoms with Crippen molar-refractivity contribution >= 4 is 23.7 Å². The van der Waals surface area contributed by atoms with E-state index in [1.165, 1.54) is 10.6 Å². The zero-order chi connectivity index (χ0) is 20.3. The number of nitrogens with one attached hydrogen (secondary N) is 2. The molecule has 2 saturated heterocycles. The Morgan fingerprint density at radius 1 is 1.03 bits per heavy atom. The first-order valence-corrected chi connectivity index (χ1v) is 10.6. The molecule has 156 valence electrons. The lowest BCUT2D eigenvalue weighted by Crippen LogP contribution is -2.52. The fraction of sp³-hybridized carbons (Fsp3) is 0.571. The summed E-state index contributed by atoms with van der Waals surface area (Å²) >= 11 is 0. The SMILES string of the molecule is O=C(NCCCN1C(=O)NC2(CCCC2)C1=O)N1CCN(c2ccccc2)CC1. The van der Waals surface area contributed by atoms with Crippen LogP contribution in [0, 0.1) is 0 Å². The van der Waals surface area contributed by atoms with Crippen LogP contribution in [0.3, 0.4) is 0 Å². The number of anilines is 1. The van der Waals surface area contributed by atoms with Gasteiger partial charge in [0.25, 0.3) is 5.91 Å². The molecule has 1 aromatic carbocycles. The van der Waals surface area contributed by atoms with E-state index in [0.29, 0.717) is 32.6 Å². The highest BCUT2D eigenvalue weighted by molar-refractivity contribution is 6.07. The highest BCUT2D eigenvalue weighted by atomic mass is 16.2. The summed E-state index contributed by atoms with van der Waals surface area (Å²) in [5.74, 6) is -0.0941. The third-order valence-corrected chi connectivity index (χ3v) is 6.23. The molecule has 1 aromatic rings. The Balaban J connectivity index is 1.17. The van der Waals surface area contributed by atoms with Gasteiger partial charge in [-0.1, -0.05) is 31.0 Å². The van der Waals surface area contributed by atoms with Crippen LogP contribution in [0.5, 0.6) is 0 Å². The molecule has 0 atom stereocenters. The van der Waals surface area contributed by atoms with Crippen LogP contribution in [0.25, 0.3) is 0 Å². The number of carbonyl (C=O) groups is 3. The van der Waals surface area contributed by atoms with Gasteiger partial charge in [0, 0.05) is 45.0 Å². The molecule has 1 aliphatic carbocycles. The lowest BCUT2D eigenvalue weighted by Gasteiger charge is -2.36. The summed E-state index contributed by atoms with van der Waals surface area (Å²) in [5.41, 5.74) is 0.528. The normalized spacial score (nSPS) is 21.0. The van der Waals surface area contributed by atoms with E-state index in [-0.39, 0.29) is 18.0 Å². The Hall–Kier alpha value is -2.77. The maximum atomic E-state index is 12.6. The number of carbonyl (C=O) groups excluding carboxylic acids is 3. The Labute approximate surface area is 171 Å². The van der Waals surface area contributed by atoms with Crippen molar-refractivity contribution in [2.75, 3.05) is 44.2 Å². The number of amides is 5. The number of imide groups is 1. The molecule has 0 unspecified atom stereocenters. The van der Waals surface area contributed by atoms with Gasteiger partial charge in [0.05, 0.1) is 0 Å². The molecule has 0 aromatic heterocycles. The zero-order valence-corrected chi connectivity index (χ0v) is 16.7. The van der Waals surface area contributed by atoms with E-state index in [2.05, 4.69) is 27.7 Å². The molecule has 8 heteroatoms. The Bertz CT molecular complexity index is 755. The number of hydrogen-bond acceptors (Lipinski definition) is 4. The van der Waals surface area contributed by atoms with Crippen molar-refractivity contribution < 1.29 is 14.4 Å². The first kappa shape index (κ1) is 19.5. The summed E-state index contributed by atoms with van der Waals surface area (Å²) < 4.78 is 0. The van der Waals surface area contributed by atoms with Crippen molar-refractivity contribution in [3.8, 4) is 0 Å². The van der Waals surface area contributed by atoms with Gasteiger partial charge in [-0.2, -0.15) is 0 Å². The molecule has 2 heterocycles. The van der Waals surface area contributed by atoms with Crippen molar-refractivity contribution in [1.82, 2.24) is 20.4 Å². The van der Waals surface area contributed by atoms with Gasteiger partial charge in [-0.05, 0) is 31.4 Å². The van der Waals surface area contributed by atoms with Gasteiger partial charge < -0.3 is 20.4 Å². The van der Waals surface area contributed by atoms with Crippen molar-refractivity contribution in [2.45, 2.75) is 37.6 Å². The summed E-state index contributed by atoms with van der Waals surface area (Å²) in [6, 6.07) is 9.84. The van der Waals surface area contributed by atoms with Crippen molar-refractivity contribution in [3.05, 3.63) is 30.3 Å². The van der Waals surface area contributed by atoms with Crippen LogP contribution >= 0.6 is 0 Å². The summed E-state index contributed by atoms with van der Waals surface area (Å²) in [4.78, 5) is 42.6. The zero-order valence-electron chi connectivity index (χ0n) is 16.7.